The summed E-state index contributed by atoms with van der Waals surface area (Å²) in [4.78, 5) is 16.0. The summed E-state index contributed by atoms with van der Waals surface area (Å²) in [7, 11) is 0. The number of carbonyl (C=O) groups is 1. The maximum Gasteiger partial charge on any atom is 0.270 e. The first kappa shape index (κ1) is 12.8. The maximum absolute atomic E-state index is 12.0. The Balaban J connectivity index is 2.06. The van der Waals surface area contributed by atoms with Crippen LogP contribution in [0.15, 0.2) is 53.1 Å². The lowest BCUT2D eigenvalue weighted by Crippen LogP contribution is -2.27. The number of benzene rings is 1. The van der Waals surface area contributed by atoms with Gasteiger partial charge in [-0.15, -0.1) is 0 Å². The van der Waals surface area contributed by atoms with E-state index in [1.165, 1.54) is 0 Å². The molecule has 2 rings (SSSR count). The van der Waals surface area contributed by atoms with Crippen LogP contribution in [-0.2, 0) is 0 Å². The normalized spacial score (nSPS) is 11.9. The van der Waals surface area contributed by atoms with E-state index in [9.17, 15) is 4.79 Å². The Bertz CT molecular complexity index is 525. The molecule has 0 aliphatic rings. The summed E-state index contributed by atoms with van der Waals surface area (Å²) in [5.41, 5.74) is 1.49. The van der Waals surface area contributed by atoms with Crippen molar-refractivity contribution in [1.29, 1.82) is 0 Å². The highest BCUT2D eigenvalue weighted by Gasteiger charge is 2.11. The quantitative estimate of drug-likeness (QED) is 0.945. The number of aromatic nitrogens is 1. The van der Waals surface area contributed by atoms with Gasteiger partial charge >= 0.3 is 0 Å². The standard InChI is InChI=1S/C14H13BrN2O/c1-10(11-5-3-2-4-6-11)17-14(18)13-8-7-12(15)9-16-13/h2-10H,1H3,(H,17,18)/t10-/m1/s1. The van der Waals surface area contributed by atoms with Gasteiger partial charge < -0.3 is 5.32 Å². The molecule has 0 saturated heterocycles. The van der Waals surface area contributed by atoms with Crippen LogP contribution in [0.1, 0.15) is 29.0 Å². The van der Waals surface area contributed by atoms with Crippen molar-refractivity contribution in [2.75, 3.05) is 0 Å². The molecule has 0 radical (unpaired) electrons. The van der Waals surface area contributed by atoms with Crippen LogP contribution in [0.4, 0.5) is 0 Å². The van der Waals surface area contributed by atoms with E-state index in [0.717, 1.165) is 10.0 Å². The zero-order chi connectivity index (χ0) is 13.0. The minimum Gasteiger partial charge on any atom is -0.344 e. The molecule has 2 aromatic rings. The Hall–Kier alpha value is -1.68. The predicted molar refractivity (Wildman–Crippen MR) is 74.3 cm³/mol. The molecule has 0 fully saturated rings. The van der Waals surface area contributed by atoms with E-state index in [1.54, 1.807) is 18.3 Å². The van der Waals surface area contributed by atoms with Gasteiger partial charge in [0.05, 0.1) is 6.04 Å². The number of nitrogens with one attached hydrogen (secondary N) is 1. The molecular weight excluding hydrogens is 292 g/mol. The van der Waals surface area contributed by atoms with Gasteiger partial charge in [0.15, 0.2) is 0 Å². The second kappa shape index (κ2) is 5.78. The van der Waals surface area contributed by atoms with Crippen LogP contribution in [0, 0.1) is 0 Å². The molecule has 1 aromatic heterocycles. The van der Waals surface area contributed by atoms with E-state index in [-0.39, 0.29) is 11.9 Å². The zero-order valence-corrected chi connectivity index (χ0v) is 11.5. The number of pyridine rings is 1. The maximum atomic E-state index is 12.0. The Morgan fingerprint density at radius 2 is 1.94 bits per heavy atom. The third kappa shape index (κ3) is 3.17. The van der Waals surface area contributed by atoms with E-state index in [2.05, 4.69) is 26.2 Å². The molecule has 1 atom stereocenters. The third-order valence-corrected chi connectivity index (χ3v) is 3.08. The van der Waals surface area contributed by atoms with Crippen LogP contribution in [0.25, 0.3) is 0 Å². The van der Waals surface area contributed by atoms with Gasteiger partial charge in [0.1, 0.15) is 5.69 Å². The monoisotopic (exact) mass is 304 g/mol. The smallest absolute Gasteiger partial charge is 0.270 e. The van der Waals surface area contributed by atoms with Gasteiger partial charge in [0, 0.05) is 10.7 Å². The molecule has 0 unspecified atom stereocenters. The predicted octanol–water partition coefficient (Wildman–Crippen LogP) is 3.34. The summed E-state index contributed by atoms with van der Waals surface area (Å²) < 4.78 is 0.857. The summed E-state index contributed by atoms with van der Waals surface area (Å²) in [6, 6.07) is 13.3. The Morgan fingerprint density at radius 3 is 2.56 bits per heavy atom. The molecule has 92 valence electrons. The second-order valence-electron chi connectivity index (χ2n) is 3.97. The Morgan fingerprint density at radius 1 is 1.22 bits per heavy atom. The second-order valence-corrected chi connectivity index (χ2v) is 4.88. The van der Waals surface area contributed by atoms with Gasteiger partial charge in [-0.05, 0) is 40.5 Å². The molecule has 0 aliphatic carbocycles. The number of nitrogens with zero attached hydrogens (tertiary/aromatic N) is 1. The molecule has 0 aliphatic heterocycles. The number of amides is 1. The largest absolute Gasteiger partial charge is 0.344 e. The lowest BCUT2D eigenvalue weighted by Gasteiger charge is -2.13. The number of rotatable bonds is 3. The highest BCUT2D eigenvalue weighted by Crippen LogP contribution is 2.12. The molecule has 18 heavy (non-hydrogen) atoms. The van der Waals surface area contributed by atoms with E-state index in [1.807, 2.05) is 37.3 Å². The first-order valence-corrected chi connectivity index (χ1v) is 6.43. The summed E-state index contributed by atoms with van der Waals surface area (Å²) in [6.07, 6.45) is 1.61. The summed E-state index contributed by atoms with van der Waals surface area (Å²) in [5.74, 6) is -0.168. The zero-order valence-electron chi connectivity index (χ0n) is 9.93. The van der Waals surface area contributed by atoms with Crippen LogP contribution < -0.4 is 5.32 Å². The highest BCUT2D eigenvalue weighted by molar-refractivity contribution is 9.10. The van der Waals surface area contributed by atoms with Crippen molar-refractivity contribution in [2.24, 2.45) is 0 Å². The molecule has 3 nitrogen and oxygen atoms in total. The van der Waals surface area contributed by atoms with E-state index in [0.29, 0.717) is 5.69 Å². The Kier molecular flexibility index (Phi) is 4.10. The fraction of sp³-hybridized carbons (Fsp3) is 0.143. The van der Waals surface area contributed by atoms with E-state index in [4.69, 9.17) is 0 Å². The number of halogens is 1. The van der Waals surface area contributed by atoms with Gasteiger partial charge in [-0.1, -0.05) is 30.3 Å². The van der Waals surface area contributed by atoms with Crippen molar-refractivity contribution in [3.8, 4) is 0 Å². The molecule has 1 N–H and O–H groups in total. The van der Waals surface area contributed by atoms with Crippen molar-refractivity contribution in [1.82, 2.24) is 10.3 Å². The lowest BCUT2D eigenvalue weighted by molar-refractivity contribution is 0.0935. The van der Waals surface area contributed by atoms with Crippen molar-refractivity contribution >= 4 is 21.8 Å². The third-order valence-electron chi connectivity index (χ3n) is 2.61. The minimum absolute atomic E-state index is 0.0378. The summed E-state index contributed by atoms with van der Waals surface area (Å²) in [5, 5.41) is 2.92. The number of hydrogen-bond acceptors (Lipinski definition) is 2. The van der Waals surface area contributed by atoms with Gasteiger partial charge in [-0.25, -0.2) is 4.98 Å². The molecule has 1 aromatic carbocycles. The topological polar surface area (TPSA) is 42.0 Å². The van der Waals surface area contributed by atoms with E-state index < -0.39 is 0 Å². The fourth-order valence-corrected chi connectivity index (χ4v) is 1.84. The van der Waals surface area contributed by atoms with Gasteiger partial charge in [-0.2, -0.15) is 0 Å². The van der Waals surface area contributed by atoms with Crippen molar-refractivity contribution in [3.63, 3.8) is 0 Å². The molecule has 1 amide bonds. The summed E-state index contributed by atoms with van der Waals surface area (Å²) >= 11 is 3.29. The minimum atomic E-state index is -0.168. The molecule has 0 saturated carbocycles. The van der Waals surface area contributed by atoms with Crippen LogP contribution in [0.3, 0.4) is 0 Å². The number of hydrogen-bond donors (Lipinski definition) is 1. The van der Waals surface area contributed by atoms with Crippen LogP contribution in [-0.4, -0.2) is 10.9 Å². The van der Waals surface area contributed by atoms with Crippen LogP contribution >= 0.6 is 15.9 Å². The molecule has 1 heterocycles. The molecule has 4 heteroatoms. The highest BCUT2D eigenvalue weighted by atomic mass is 79.9. The van der Waals surface area contributed by atoms with Crippen LogP contribution in [0.5, 0.6) is 0 Å². The lowest BCUT2D eigenvalue weighted by atomic mass is 10.1. The van der Waals surface area contributed by atoms with E-state index >= 15 is 0 Å². The molecular formula is C14H13BrN2O. The van der Waals surface area contributed by atoms with Gasteiger partial charge in [-0.3, -0.25) is 4.79 Å². The summed E-state index contributed by atoms with van der Waals surface area (Å²) in [6.45, 7) is 1.95. The number of carbonyl (C=O) groups excluding carboxylic acids is 1. The molecule has 0 spiro atoms. The van der Waals surface area contributed by atoms with Gasteiger partial charge in [0.2, 0.25) is 0 Å². The fourth-order valence-electron chi connectivity index (χ4n) is 1.61. The van der Waals surface area contributed by atoms with Crippen LogP contribution in [0.2, 0.25) is 0 Å². The average Bonchev–Trinajstić information content (AvgIpc) is 2.40. The molecule has 0 bridgehead atoms. The average molecular weight is 305 g/mol. The van der Waals surface area contributed by atoms with Gasteiger partial charge in [0.25, 0.3) is 5.91 Å². The van der Waals surface area contributed by atoms with Crippen molar-refractivity contribution in [2.45, 2.75) is 13.0 Å². The van der Waals surface area contributed by atoms with Crippen molar-refractivity contribution in [3.05, 3.63) is 64.4 Å². The van der Waals surface area contributed by atoms with Crippen molar-refractivity contribution < 1.29 is 4.79 Å². The SMILES string of the molecule is C[C@@H](NC(=O)c1ccc(Br)cn1)c1ccccc1. The first-order chi connectivity index (χ1) is 8.66. The first-order valence-electron chi connectivity index (χ1n) is 5.64. The Labute approximate surface area is 114 Å².